The van der Waals surface area contributed by atoms with Crippen LogP contribution >= 0.6 is 0 Å². The van der Waals surface area contributed by atoms with E-state index in [4.69, 9.17) is 4.74 Å². The molecule has 178 valence electrons. The molecule has 32 heavy (non-hydrogen) atoms. The van der Waals surface area contributed by atoms with E-state index in [9.17, 15) is 18.0 Å². The molecule has 0 aromatic heterocycles. The van der Waals surface area contributed by atoms with E-state index >= 15 is 0 Å². The van der Waals surface area contributed by atoms with E-state index in [0.717, 1.165) is 30.4 Å². The van der Waals surface area contributed by atoms with Crippen molar-refractivity contribution in [1.29, 1.82) is 0 Å². The number of sulfonamides is 1. The van der Waals surface area contributed by atoms with Crippen LogP contribution in [0.1, 0.15) is 63.5 Å². The lowest BCUT2D eigenvalue weighted by Gasteiger charge is -2.32. The molecule has 1 N–H and O–H groups in total. The average Bonchev–Trinajstić information content (AvgIpc) is 2.77. The fraction of sp³-hybridized carbons (Fsp3) is 0.667. The molecule has 2 aliphatic rings. The van der Waals surface area contributed by atoms with Crippen molar-refractivity contribution in [1.82, 2.24) is 9.62 Å². The number of ether oxygens (including phenoxy) is 1. The Hall–Kier alpha value is -1.93. The van der Waals surface area contributed by atoms with E-state index in [0.29, 0.717) is 18.8 Å². The van der Waals surface area contributed by atoms with E-state index < -0.39 is 28.0 Å². The van der Waals surface area contributed by atoms with Crippen molar-refractivity contribution in [3.8, 4) is 0 Å². The molecule has 1 amide bonds. The van der Waals surface area contributed by atoms with Crippen LogP contribution in [0, 0.1) is 25.7 Å². The second-order valence-electron chi connectivity index (χ2n) is 9.38. The Balaban J connectivity index is 1.51. The van der Waals surface area contributed by atoms with Crippen LogP contribution in [0.3, 0.4) is 0 Å². The highest BCUT2D eigenvalue weighted by atomic mass is 32.2. The molecule has 0 radical (unpaired) electrons. The van der Waals surface area contributed by atoms with Gasteiger partial charge in [0.05, 0.1) is 10.8 Å². The number of carbonyl (C=O) groups is 2. The third-order valence-corrected chi connectivity index (χ3v) is 8.90. The maximum absolute atomic E-state index is 13.0. The van der Waals surface area contributed by atoms with E-state index in [2.05, 4.69) is 12.2 Å². The smallest absolute Gasteiger partial charge is 0.309 e. The number of benzene rings is 1. The van der Waals surface area contributed by atoms with Crippen molar-refractivity contribution in [3.63, 3.8) is 0 Å². The molecule has 1 heterocycles. The van der Waals surface area contributed by atoms with E-state index in [1.807, 2.05) is 19.9 Å². The van der Waals surface area contributed by atoms with Crippen LogP contribution in [0.25, 0.3) is 0 Å². The number of hydrogen-bond acceptors (Lipinski definition) is 5. The quantitative estimate of drug-likeness (QED) is 0.652. The fourth-order valence-electron chi connectivity index (χ4n) is 4.51. The molecular weight excluding hydrogens is 428 g/mol. The molecule has 3 rings (SSSR count). The molecule has 1 saturated heterocycles. The third kappa shape index (κ3) is 5.70. The highest BCUT2D eigenvalue weighted by Crippen LogP contribution is 2.27. The van der Waals surface area contributed by atoms with Crippen LogP contribution in [0.2, 0.25) is 0 Å². The molecular formula is C24H36N2O5S. The summed E-state index contributed by atoms with van der Waals surface area (Å²) < 4.78 is 32.8. The number of carbonyl (C=O) groups excluding carboxylic acids is 2. The molecule has 8 heteroatoms. The lowest BCUT2D eigenvalue weighted by molar-refractivity contribution is -0.160. The molecule has 1 aromatic carbocycles. The summed E-state index contributed by atoms with van der Waals surface area (Å²) >= 11 is 0. The van der Waals surface area contributed by atoms with Gasteiger partial charge in [0.15, 0.2) is 6.10 Å². The van der Waals surface area contributed by atoms with Crippen LogP contribution in [0.5, 0.6) is 0 Å². The Morgan fingerprint density at radius 2 is 1.72 bits per heavy atom. The number of piperidine rings is 1. The van der Waals surface area contributed by atoms with Crippen molar-refractivity contribution >= 4 is 21.9 Å². The van der Waals surface area contributed by atoms with Gasteiger partial charge in [0.1, 0.15) is 0 Å². The van der Waals surface area contributed by atoms with Crippen LogP contribution < -0.4 is 5.32 Å². The maximum atomic E-state index is 13.0. The zero-order valence-corrected chi connectivity index (χ0v) is 20.4. The van der Waals surface area contributed by atoms with Gasteiger partial charge >= 0.3 is 5.97 Å². The topological polar surface area (TPSA) is 92.8 Å². The Bertz CT molecular complexity index is 938. The van der Waals surface area contributed by atoms with Gasteiger partial charge in [-0.25, -0.2) is 8.42 Å². The summed E-state index contributed by atoms with van der Waals surface area (Å²) in [7, 11) is -3.59. The highest BCUT2D eigenvalue weighted by Gasteiger charge is 2.34. The molecule has 1 aliphatic carbocycles. The van der Waals surface area contributed by atoms with Crippen molar-refractivity contribution in [2.45, 2.75) is 83.3 Å². The first kappa shape index (κ1) is 24.7. The lowest BCUT2D eigenvalue weighted by atomic mass is 9.86. The van der Waals surface area contributed by atoms with Crippen molar-refractivity contribution in [2.75, 3.05) is 13.1 Å². The minimum atomic E-state index is -3.59. The van der Waals surface area contributed by atoms with Gasteiger partial charge in [-0.15, -0.1) is 0 Å². The standard InChI is InChI=1S/C24H36N2O5S/c1-16-9-10-21(15-18(16)3)32(29,30)26-13-11-20(12-14-26)24(28)31-19(4)23(27)25-22-8-6-5-7-17(22)2/h9-10,15,17,19-20,22H,5-8,11-14H2,1-4H3,(H,25,27)/t17-,19-,22+/m0/s1. The monoisotopic (exact) mass is 464 g/mol. The number of nitrogens with zero attached hydrogens (tertiary/aromatic N) is 1. The largest absolute Gasteiger partial charge is 0.452 e. The minimum absolute atomic E-state index is 0.135. The Kier molecular flexibility index (Phi) is 7.98. The molecule has 1 aliphatic heterocycles. The predicted molar refractivity (Wildman–Crippen MR) is 123 cm³/mol. The lowest BCUT2D eigenvalue weighted by Crippen LogP contribution is -2.47. The zero-order valence-electron chi connectivity index (χ0n) is 19.6. The molecule has 0 unspecified atom stereocenters. The minimum Gasteiger partial charge on any atom is -0.452 e. The van der Waals surface area contributed by atoms with Gasteiger partial charge in [-0.1, -0.05) is 25.8 Å². The number of nitrogens with one attached hydrogen (secondary N) is 1. The van der Waals surface area contributed by atoms with Crippen molar-refractivity contribution in [2.24, 2.45) is 11.8 Å². The summed E-state index contributed by atoms with van der Waals surface area (Å²) in [6, 6.07) is 5.27. The summed E-state index contributed by atoms with van der Waals surface area (Å²) in [4.78, 5) is 25.4. The number of aryl methyl sites for hydroxylation is 2. The van der Waals surface area contributed by atoms with Gasteiger partial charge in [0.2, 0.25) is 10.0 Å². The normalized spacial score (nSPS) is 24.0. The predicted octanol–water partition coefficient (Wildman–Crippen LogP) is 3.33. The van der Waals surface area contributed by atoms with Gasteiger partial charge in [-0.05, 0) is 75.6 Å². The molecule has 0 spiro atoms. The number of esters is 1. The number of amides is 1. The first-order valence-electron chi connectivity index (χ1n) is 11.7. The molecule has 7 nitrogen and oxygen atoms in total. The Morgan fingerprint density at radius 1 is 1.06 bits per heavy atom. The Morgan fingerprint density at radius 3 is 2.34 bits per heavy atom. The van der Waals surface area contributed by atoms with Gasteiger partial charge in [-0.3, -0.25) is 9.59 Å². The molecule has 2 fully saturated rings. The first-order chi connectivity index (χ1) is 15.1. The second kappa shape index (κ2) is 10.3. The number of rotatable bonds is 6. The Labute approximate surface area is 191 Å². The summed E-state index contributed by atoms with van der Waals surface area (Å²) in [6.07, 6.45) is 4.27. The van der Waals surface area contributed by atoms with Crippen molar-refractivity contribution in [3.05, 3.63) is 29.3 Å². The zero-order chi connectivity index (χ0) is 23.5. The highest BCUT2D eigenvalue weighted by molar-refractivity contribution is 7.89. The van der Waals surface area contributed by atoms with Gasteiger partial charge in [0.25, 0.3) is 5.91 Å². The molecule has 0 bridgehead atoms. The van der Waals surface area contributed by atoms with Crippen LogP contribution in [0.4, 0.5) is 0 Å². The van der Waals surface area contributed by atoms with Crippen LogP contribution in [0.15, 0.2) is 23.1 Å². The second-order valence-corrected chi connectivity index (χ2v) is 11.3. The summed E-state index contributed by atoms with van der Waals surface area (Å²) in [5.74, 6) is -0.649. The summed E-state index contributed by atoms with van der Waals surface area (Å²) in [5, 5.41) is 3.03. The van der Waals surface area contributed by atoms with Crippen LogP contribution in [-0.4, -0.2) is 49.8 Å². The molecule has 3 atom stereocenters. The maximum Gasteiger partial charge on any atom is 0.309 e. The van der Waals surface area contributed by atoms with E-state index in [-0.39, 0.29) is 29.9 Å². The third-order valence-electron chi connectivity index (χ3n) is 7.00. The first-order valence-corrected chi connectivity index (χ1v) is 13.1. The van der Waals surface area contributed by atoms with E-state index in [1.165, 1.54) is 10.7 Å². The van der Waals surface area contributed by atoms with Gasteiger partial charge in [0, 0.05) is 19.1 Å². The SMILES string of the molecule is Cc1ccc(S(=O)(=O)N2CCC(C(=O)O[C@@H](C)C(=O)N[C@@H]3CCCC[C@@H]3C)CC2)cc1C. The summed E-state index contributed by atoms with van der Waals surface area (Å²) in [5.41, 5.74) is 1.97. The molecule has 1 saturated carbocycles. The molecule has 1 aromatic rings. The fourth-order valence-corrected chi connectivity index (χ4v) is 6.07. The average molecular weight is 465 g/mol. The van der Waals surface area contributed by atoms with Gasteiger partial charge < -0.3 is 10.1 Å². The van der Waals surface area contributed by atoms with Gasteiger partial charge in [-0.2, -0.15) is 4.31 Å². The van der Waals surface area contributed by atoms with Crippen LogP contribution in [-0.2, 0) is 24.3 Å². The van der Waals surface area contributed by atoms with E-state index in [1.54, 1.807) is 19.1 Å². The number of hydrogen-bond donors (Lipinski definition) is 1. The van der Waals surface area contributed by atoms with Crippen molar-refractivity contribution < 1.29 is 22.7 Å². The summed E-state index contributed by atoms with van der Waals surface area (Å²) in [6.45, 7) is 8.09.